The Balaban J connectivity index is 2.12. The van der Waals surface area contributed by atoms with Gasteiger partial charge in [0.1, 0.15) is 0 Å². The second-order valence-electron chi connectivity index (χ2n) is 4.47. The fraction of sp³-hybridized carbons (Fsp3) is 0.200. The van der Waals surface area contributed by atoms with Crippen LogP contribution in [0.2, 0.25) is 5.02 Å². The molecule has 0 radical (unpaired) electrons. The average molecular weight is 263 g/mol. The lowest BCUT2D eigenvalue weighted by molar-refractivity contribution is 0.711. The van der Waals surface area contributed by atoms with Gasteiger partial charge in [-0.2, -0.15) is 0 Å². The van der Waals surface area contributed by atoms with Crippen LogP contribution in [0.3, 0.4) is 0 Å². The molecule has 0 saturated carbocycles. The predicted molar refractivity (Wildman–Crippen MR) is 72.8 cm³/mol. The van der Waals surface area contributed by atoms with Crippen LogP contribution in [0.15, 0.2) is 48.5 Å². The Labute approximate surface area is 111 Å². The molecule has 0 aromatic heterocycles. The molecule has 0 nitrogen and oxygen atoms in total. The normalized spacial score (nSPS) is 22.5. The lowest BCUT2D eigenvalue weighted by atomic mass is 9.92. The second kappa shape index (κ2) is 4.04. The predicted octanol–water partition coefficient (Wildman–Crippen LogP) is 4.77. The summed E-state index contributed by atoms with van der Waals surface area (Å²) in [4.78, 5) is -0.374. The maximum atomic E-state index is 6.84. The van der Waals surface area contributed by atoms with Crippen LogP contribution in [0.4, 0.5) is 0 Å². The Morgan fingerprint density at radius 3 is 2.41 bits per heavy atom. The van der Waals surface area contributed by atoms with Crippen LogP contribution in [0, 0.1) is 0 Å². The van der Waals surface area contributed by atoms with Crippen LogP contribution in [-0.4, -0.2) is 0 Å². The summed E-state index contributed by atoms with van der Waals surface area (Å²) >= 11 is 12.8. The molecule has 0 heterocycles. The number of aryl methyl sites for hydroxylation is 1. The third kappa shape index (κ3) is 1.76. The fourth-order valence-electron chi connectivity index (χ4n) is 2.58. The monoisotopic (exact) mass is 262 g/mol. The van der Waals surface area contributed by atoms with Crippen LogP contribution < -0.4 is 0 Å². The molecule has 0 bridgehead atoms. The Morgan fingerprint density at radius 2 is 1.65 bits per heavy atom. The first-order valence-electron chi connectivity index (χ1n) is 5.73. The molecular formula is C15H12Cl2. The van der Waals surface area contributed by atoms with Gasteiger partial charge in [0.15, 0.2) is 0 Å². The maximum absolute atomic E-state index is 6.84. The summed E-state index contributed by atoms with van der Waals surface area (Å²) in [5.41, 5.74) is 3.73. The molecule has 0 saturated heterocycles. The highest BCUT2D eigenvalue weighted by atomic mass is 35.5. The summed E-state index contributed by atoms with van der Waals surface area (Å²) in [6, 6.07) is 16.3. The van der Waals surface area contributed by atoms with Crippen molar-refractivity contribution in [1.82, 2.24) is 0 Å². The van der Waals surface area contributed by atoms with E-state index in [-0.39, 0.29) is 4.87 Å². The summed E-state index contributed by atoms with van der Waals surface area (Å²) < 4.78 is 0. The van der Waals surface area contributed by atoms with Gasteiger partial charge in [0.25, 0.3) is 0 Å². The van der Waals surface area contributed by atoms with Gasteiger partial charge in [-0.3, -0.25) is 0 Å². The van der Waals surface area contributed by atoms with Crippen LogP contribution >= 0.6 is 23.2 Å². The molecule has 2 aromatic rings. The van der Waals surface area contributed by atoms with E-state index in [0.29, 0.717) is 0 Å². The van der Waals surface area contributed by atoms with E-state index in [0.717, 1.165) is 23.4 Å². The molecule has 1 atom stereocenters. The van der Waals surface area contributed by atoms with Crippen molar-refractivity contribution in [2.24, 2.45) is 0 Å². The van der Waals surface area contributed by atoms with Crippen LogP contribution in [-0.2, 0) is 11.3 Å². The van der Waals surface area contributed by atoms with E-state index in [9.17, 15) is 0 Å². The molecule has 0 N–H and O–H groups in total. The van der Waals surface area contributed by atoms with Crippen molar-refractivity contribution in [3.8, 4) is 0 Å². The van der Waals surface area contributed by atoms with Gasteiger partial charge in [0, 0.05) is 5.02 Å². The smallest absolute Gasteiger partial charge is 0.0949 e. The highest BCUT2D eigenvalue weighted by Gasteiger charge is 2.37. The quantitative estimate of drug-likeness (QED) is 0.650. The van der Waals surface area contributed by atoms with E-state index >= 15 is 0 Å². The van der Waals surface area contributed by atoms with E-state index in [1.807, 2.05) is 24.3 Å². The summed E-state index contributed by atoms with van der Waals surface area (Å²) in [5.74, 6) is 0. The number of rotatable bonds is 1. The Morgan fingerprint density at radius 1 is 0.941 bits per heavy atom. The molecule has 0 amide bonds. The van der Waals surface area contributed by atoms with Crippen molar-refractivity contribution < 1.29 is 0 Å². The second-order valence-corrected chi connectivity index (χ2v) is 5.55. The SMILES string of the molecule is Clc1ccc(C2(Cl)CCc3ccccc32)cc1. The molecule has 86 valence electrons. The molecule has 0 aliphatic heterocycles. The average Bonchev–Trinajstić information content (AvgIpc) is 2.70. The molecular weight excluding hydrogens is 251 g/mol. The number of benzene rings is 2. The Kier molecular flexibility index (Phi) is 2.65. The van der Waals surface area contributed by atoms with Crippen molar-refractivity contribution in [3.05, 3.63) is 70.2 Å². The Hall–Kier alpha value is -0.980. The summed E-state index contributed by atoms with van der Waals surface area (Å²) in [5, 5.41) is 0.750. The van der Waals surface area contributed by atoms with Gasteiger partial charge in [-0.1, -0.05) is 48.0 Å². The highest BCUT2D eigenvalue weighted by Crippen LogP contribution is 2.47. The topological polar surface area (TPSA) is 0 Å². The number of hydrogen-bond acceptors (Lipinski definition) is 0. The molecule has 2 heteroatoms. The van der Waals surface area contributed by atoms with Gasteiger partial charge < -0.3 is 0 Å². The zero-order valence-corrected chi connectivity index (χ0v) is 10.8. The molecule has 0 spiro atoms. The molecule has 1 unspecified atom stereocenters. The standard InChI is InChI=1S/C15H12Cl2/c16-13-7-5-12(6-8-13)15(17)10-9-11-3-1-2-4-14(11)15/h1-8H,9-10H2. The molecule has 2 aromatic carbocycles. The molecule has 0 fully saturated rings. The zero-order valence-electron chi connectivity index (χ0n) is 9.29. The number of fused-ring (bicyclic) bond motifs is 1. The molecule has 3 rings (SSSR count). The van der Waals surface area contributed by atoms with Crippen molar-refractivity contribution in [1.29, 1.82) is 0 Å². The van der Waals surface area contributed by atoms with Crippen molar-refractivity contribution >= 4 is 23.2 Å². The van der Waals surface area contributed by atoms with Crippen LogP contribution in [0.25, 0.3) is 0 Å². The maximum Gasteiger partial charge on any atom is 0.0949 e. The van der Waals surface area contributed by atoms with E-state index in [4.69, 9.17) is 23.2 Å². The van der Waals surface area contributed by atoms with Gasteiger partial charge in [-0.25, -0.2) is 0 Å². The fourth-order valence-corrected chi connectivity index (χ4v) is 3.11. The number of alkyl halides is 1. The third-order valence-corrected chi connectivity index (χ3v) is 4.35. The zero-order chi connectivity index (χ0) is 11.9. The van der Waals surface area contributed by atoms with Gasteiger partial charge in [0.2, 0.25) is 0 Å². The summed E-state index contributed by atoms with van der Waals surface area (Å²) in [7, 11) is 0. The first kappa shape index (κ1) is 11.1. The molecule has 17 heavy (non-hydrogen) atoms. The lowest BCUT2D eigenvalue weighted by Crippen LogP contribution is -2.16. The van der Waals surface area contributed by atoms with Gasteiger partial charge >= 0.3 is 0 Å². The van der Waals surface area contributed by atoms with E-state index in [2.05, 4.69) is 24.3 Å². The lowest BCUT2D eigenvalue weighted by Gasteiger charge is -2.23. The minimum atomic E-state index is -0.374. The minimum Gasteiger partial charge on any atom is -0.109 e. The van der Waals surface area contributed by atoms with Gasteiger partial charge in [-0.05, 0) is 41.7 Å². The van der Waals surface area contributed by atoms with Gasteiger partial charge in [-0.15, -0.1) is 11.6 Å². The highest BCUT2D eigenvalue weighted by molar-refractivity contribution is 6.30. The molecule has 1 aliphatic carbocycles. The molecule has 1 aliphatic rings. The minimum absolute atomic E-state index is 0.374. The van der Waals surface area contributed by atoms with Crippen molar-refractivity contribution in [2.45, 2.75) is 17.7 Å². The number of halogens is 2. The van der Waals surface area contributed by atoms with Gasteiger partial charge in [0.05, 0.1) is 4.87 Å². The van der Waals surface area contributed by atoms with E-state index < -0.39 is 0 Å². The van der Waals surface area contributed by atoms with Crippen molar-refractivity contribution in [3.63, 3.8) is 0 Å². The largest absolute Gasteiger partial charge is 0.109 e. The summed E-state index contributed by atoms with van der Waals surface area (Å²) in [6.45, 7) is 0. The van der Waals surface area contributed by atoms with Crippen molar-refractivity contribution in [2.75, 3.05) is 0 Å². The third-order valence-electron chi connectivity index (χ3n) is 3.48. The van der Waals surface area contributed by atoms with E-state index in [1.54, 1.807) is 0 Å². The van der Waals surface area contributed by atoms with Crippen LogP contribution in [0.5, 0.6) is 0 Å². The first-order valence-corrected chi connectivity index (χ1v) is 6.49. The van der Waals surface area contributed by atoms with Crippen LogP contribution in [0.1, 0.15) is 23.1 Å². The summed E-state index contributed by atoms with van der Waals surface area (Å²) in [6.07, 6.45) is 2.00. The Bertz CT molecular complexity index is 545. The van der Waals surface area contributed by atoms with E-state index in [1.165, 1.54) is 11.1 Å². The first-order chi connectivity index (χ1) is 8.20. The number of hydrogen-bond donors (Lipinski definition) is 0.